The molecule has 1 unspecified atom stereocenters. The van der Waals surface area contributed by atoms with Crippen molar-refractivity contribution in [1.82, 2.24) is 0 Å². The van der Waals surface area contributed by atoms with Gasteiger partial charge in [-0.1, -0.05) is 38.9 Å². The van der Waals surface area contributed by atoms with Crippen LogP contribution in [0.25, 0.3) is 0 Å². The van der Waals surface area contributed by atoms with Crippen LogP contribution in [0.4, 0.5) is 0 Å². The van der Waals surface area contributed by atoms with E-state index in [0.29, 0.717) is 11.3 Å². The summed E-state index contributed by atoms with van der Waals surface area (Å²) >= 11 is 0. The fourth-order valence-electron chi connectivity index (χ4n) is 2.70. The first-order valence-corrected chi connectivity index (χ1v) is 8.80. The predicted octanol–water partition coefficient (Wildman–Crippen LogP) is 2.97. The molecule has 2 rings (SSSR count). The molecule has 1 aliphatic carbocycles. The fourth-order valence-corrected chi connectivity index (χ4v) is 5.15. The van der Waals surface area contributed by atoms with Crippen molar-refractivity contribution >= 4 is 8.07 Å². The molecule has 0 amide bonds. The van der Waals surface area contributed by atoms with Gasteiger partial charge in [0.05, 0.1) is 19.4 Å². The second kappa shape index (κ2) is 2.58. The second-order valence-electron chi connectivity index (χ2n) is 5.49. The molecule has 0 aromatic rings. The molecule has 0 radical (unpaired) electrons. The molecule has 0 N–H and O–H groups in total. The minimum absolute atomic E-state index is 0.392. The van der Waals surface area contributed by atoms with E-state index >= 15 is 0 Å². The van der Waals surface area contributed by atoms with Crippen molar-refractivity contribution in [2.45, 2.75) is 63.1 Å². The monoisotopic (exact) mass is 184 g/mol. The fraction of sp³-hybridized carbons (Fsp3) is 1.00. The molecule has 1 saturated heterocycles. The Kier molecular flexibility index (Phi) is 1.88. The molecular weight excluding hydrogens is 164 g/mol. The van der Waals surface area contributed by atoms with Crippen LogP contribution in [0.3, 0.4) is 0 Å². The summed E-state index contributed by atoms with van der Waals surface area (Å²) in [5, 5.41) is 0. The quantitative estimate of drug-likeness (QED) is 0.451. The van der Waals surface area contributed by atoms with Crippen molar-refractivity contribution in [3.8, 4) is 0 Å². The van der Waals surface area contributed by atoms with Crippen molar-refractivity contribution in [1.29, 1.82) is 0 Å². The van der Waals surface area contributed by atoms with Gasteiger partial charge in [-0.3, -0.25) is 0 Å². The number of rotatable bonds is 1. The van der Waals surface area contributed by atoms with Crippen molar-refractivity contribution < 1.29 is 4.74 Å². The lowest BCUT2D eigenvalue weighted by Crippen LogP contribution is -2.35. The van der Waals surface area contributed by atoms with Crippen LogP contribution in [0.2, 0.25) is 19.6 Å². The molecule has 0 aromatic carbocycles. The first-order chi connectivity index (χ1) is 5.55. The van der Waals surface area contributed by atoms with Gasteiger partial charge in [0.2, 0.25) is 0 Å². The van der Waals surface area contributed by atoms with E-state index in [0.717, 1.165) is 0 Å². The van der Waals surface area contributed by atoms with Crippen LogP contribution in [-0.2, 0) is 4.74 Å². The Hall–Kier alpha value is 0.177. The van der Waals surface area contributed by atoms with E-state index in [9.17, 15) is 0 Å². The van der Waals surface area contributed by atoms with Gasteiger partial charge in [-0.25, -0.2) is 0 Å². The van der Waals surface area contributed by atoms with Gasteiger partial charge in [0, 0.05) is 0 Å². The van der Waals surface area contributed by atoms with Crippen LogP contribution in [0.5, 0.6) is 0 Å². The Morgan fingerprint density at radius 1 is 1.08 bits per heavy atom. The zero-order valence-electron chi connectivity index (χ0n) is 8.52. The van der Waals surface area contributed by atoms with Crippen LogP contribution < -0.4 is 0 Å². The Bertz CT molecular complexity index is 177. The van der Waals surface area contributed by atoms with Crippen molar-refractivity contribution in [2.24, 2.45) is 0 Å². The lowest BCUT2D eigenvalue weighted by Gasteiger charge is -2.21. The summed E-state index contributed by atoms with van der Waals surface area (Å²) in [7, 11) is -1.01. The van der Waals surface area contributed by atoms with Gasteiger partial charge < -0.3 is 4.74 Å². The zero-order chi connectivity index (χ0) is 8.82. The summed E-state index contributed by atoms with van der Waals surface area (Å²) < 4.78 is 5.97. The Labute approximate surface area is 76.5 Å². The highest BCUT2D eigenvalue weighted by atomic mass is 28.3. The van der Waals surface area contributed by atoms with Crippen LogP contribution in [0, 0.1) is 0 Å². The van der Waals surface area contributed by atoms with E-state index < -0.39 is 8.07 Å². The average Bonchev–Trinajstić information content (AvgIpc) is 2.65. The summed E-state index contributed by atoms with van der Waals surface area (Å²) in [6.45, 7) is 7.29. The smallest absolute Gasteiger partial charge is 0.0914 e. The third kappa shape index (κ3) is 1.35. The van der Waals surface area contributed by atoms with Gasteiger partial charge in [0.25, 0.3) is 0 Å². The van der Waals surface area contributed by atoms with E-state index in [1.165, 1.54) is 32.1 Å². The lowest BCUT2D eigenvalue weighted by atomic mass is 9.90. The lowest BCUT2D eigenvalue weighted by molar-refractivity contribution is 0.235. The van der Waals surface area contributed by atoms with Crippen LogP contribution >= 0.6 is 0 Å². The van der Waals surface area contributed by atoms with Crippen LogP contribution in [-0.4, -0.2) is 19.4 Å². The van der Waals surface area contributed by atoms with Gasteiger partial charge in [-0.2, -0.15) is 0 Å². The highest BCUT2D eigenvalue weighted by molar-refractivity contribution is 6.78. The van der Waals surface area contributed by atoms with Gasteiger partial charge in [0.15, 0.2) is 0 Å². The third-order valence-corrected chi connectivity index (χ3v) is 5.48. The first kappa shape index (κ1) is 8.76. The molecule has 0 aromatic heterocycles. The van der Waals surface area contributed by atoms with E-state index in [1.54, 1.807) is 0 Å². The molecule has 2 heteroatoms. The van der Waals surface area contributed by atoms with E-state index in [1.807, 2.05) is 0 Å². The van der Waals surface area contributed by atoms with Crippen molar-refractivity contribution in [3.05, 3.63) is 0 Å². The molecule has 12 heavy (non-hydrogen) atoms. The molecule has 1 saturated carbocycles. The summed E-state index contributed by atoms with van der Waals surface area (Å²) in [5.74, 6) is 0. The normalized spacial score (nSPS) is 33.8. The molecule has 1 spiro atoms. The number of epoxide rings is 1. The first-order valence-electron chi connectivity index (χ1n) is 5.22. The van der Waals surface area contributed by atoms with Gasteiger partial charge >= 0.3 is 0 Å². The molecule has 70 valence electrons. The van der Waals surface area contributed by atoms with E-state index in [2.05, 4.69) is 19.6 Å². The molecule has 1 heterocycles. The molecule has 1 aliphatic heterocycles. The largest absolute Gasteiger partial charge is 0.370 e. The second-order valence-corrected chi connectivity index (χ2v) is 10.7. The Morgan fingerprint density at radius 2 is 1.67 bits per heavy atom. The van der Waals surface area contributed by atoms with Gasteiger partial charge in [-0.05, 0) is 12.8 Å². The highest BCUT2D eigenvalue weighted by Gasteiger charge is 2.61. The van der Waals surface area contributed by atoms with Gasteiger partial charge in [-0.15, -0.1) is 0 Å². The molecule has 1 nitrogen and oxygen atoms in total. The summed E-state index contributed by atoms with van der Waals surface area (Å²) in [4.78, 5) is 0. The zero-order valence-corrected chi connectivity index (χ0v) is 9.52. The van der Waals surface area contributed by atoms with E-state index in [4.69, 9.17) is 4.74 Å². The van der Waals surface area contributed by atoms with Crippen LogP contribution in [0.1, 0.15) is 32.1 Å². The van der Waals surface area contributed by atoms with Gasteiger partial charge in [0.1, 0.15) is 0 Å². The van der Waals surface area contributed by atoms with E-state index in [-0.39, 0.29) is 0 Å². The topological polar surface area (TPSA) is 12.5 Å². The average molecular weight is 184 g/mol. The minimum atomic E-state index is -1.01. The standard InChI is InChI=1S/C10H20OSi/c1-12(2,3)9-10(11-9)7-5-4-6-8-10/h9H,4-8H2,1-3H3. The summed E-state index contributed by atoms with van der Waals surface area (Å²) in [5.41, 5.74) is 1.08. The number of hydrogen-bond acceptors (Lipinski definition) is 1. The maximum Gasteiger partial charge on any atom is 0.0914 e. The summed E-state index contributed by atoms with van der Waals surface area (Å²) in [6.07, 6.45) is 6.94. The minimum Gasteiger partial charge on any atom is -0.370 e. The van der Waals surface area contributed by atoms with Crippen molar-refractivity contribution in [2.75, 3.05) is 0 Å². The number of ether oxygens (including phenoxy) is 1. The maximum absolute atomic E-state index is 5.97. The Morgan fingerprint density at radius 3 is 2.08 bits per heavy atom. The molecular formula is C10H20OSi. The summed E-state index contributed by atoms with van der Waals surface area (Å²) in [6, 6.07) is 0. The molecule has 2 aliphatic rings. The molecule has 0 bridgehead atoms. The SMILES string of the molecule is C[Si](C)(C)C1OC12CCCCC2. The predicted molar refractivity (Wildman–Crippen MR) is 54.0 cm³/mol. The van der Waals surface area contributed by atoms with Crippen molar-refractivity contribution in [3.63, 3.8) is 0 Å². The molecule has 1 atom stereocenters. The van der Waals surface area contributed by atoms with Crippen LogP contribution in [0.15, 0.2) is 0 Å². The Balaban J connectivity index is 1.99. The molecule has 2 fully saturated rings. The third-order valence-electron chi connectivity index (χ3n) is 3.26. The highest BCUT2D eigenvalue weighted by Crippen LogP contribution is 2.51. The number of hydrogen-bond donors (Lipinski definition) is 0. The maximum atomic E-state index is 5.97.